The Kier molecular flexibility index (Phi) is 3.36. The van der Waals surface area contributed by atoms with Crippen LogP contribution >= 0.6 is 27.5 Å². The van der Waals surface area contributed by atoms with E-state index in [0.717, 1.165) is 23.1 Å². The lowest BCUT2D eigenvalue weighted by Crippen LogP contribution is -2.39. The average molecular weight is 291 g/mol. The van der Waals surface area contributed by atoms with Crippen molar-refractivity contribution < 1.29 is 5.11 Å². The lowest BCUT2D eigenvalue weighted by atomic mass is 9.85. The number of piperidine rings is 1. The molecular weight excluding hydrogens is 277 g/mol. The molecule has 2 rings (SSSR count). The van der Waals surface area contributed by atoms with Crippen LogP contribution in [0.2, 0.25) is 5.02 Å². The van der Waals surface area contributed by atoms with Crippen LogP contribution in [0.4, 0.5) is 0 Å². The monoisotopic (exact) mass is 289 g/mol. The predicted octanol–water partition coefficient (Wildman–Crippen LogP) is 2.67. The maximum atomic E-state index is 10.5. The smallest absolute Gasteiger partial charge is 0.0935 e. The Morgan fingerprint density at radius 2 is 2.00 bits per heavy atom. The molecule has 2 N–H and O–H groups in total. The van der Waals surface area contributed by atoms with Gasteiger partial charge in [0.1, 0.15) is 0 Å². The molecule has 0 aromatic heterocycles. The lowest BCUT2D eigenvalue weighted by Gasteiger charge is -2.33. The molecule has 1 aromatic rings. The van der Waals surface area contributed by atoms with Crippen LogP contribution in [0.15, 0.2) is 22.7 Å². The zero-order valence-electron chi connectivity index (χ0n) is 8.26. The third-order valence-electron chi connectivity index (χ3n) is 2.86. The fraction of sp³-hybridized carbons (Fsp3) is 0.455. The molecule has 1 aliphatic heterocycles. The highest BCUT2D eigenvalue weighted by Gasteiger charge is 2.32. The Bertz CT molecular complexity index is 364. The first-order valence-corrected chi connectivity index (χ1v) is 6.17. The molecule has 1 aliphatic rings. The van der Waals surface area contributed by atoms with Crippen LogP contribution < -0.4 is 5.32 Å². The van der Waals surface area contributed by atoms with Gasteiger partial charge in [-0.25, -0.2) is 0 Å². The maximum absolute atomic E-state index is 10.5. The summed E-state index contributed by atoms with van der Waals surface area (Å²) in [6.45, 7) is 1.67. The Balaban J connectivity index is 2.38. The van der Waals surface area contributed by atoms with Gasteiger partial charge in [0.05, 0.1) is 5.60 Å². The van der Waals surface area contributed by atoms with Gasteiger partial charge in [0, 0.05) is 15.1 Å². The molecule has 0 spiro atoms. The minimum Gasteiger partial charge on any atom is -0.385 e. The molecule has 1 saturated heterocycles. The summed E-state index contributed by atoms with van der Waals surface area (Å²) < 4.78 is 0.953. The van der Waals surface area contributed by atoms with Crippen molar-refractivity contribution in [3.05, 3.63) is 33.3 Å². The van der Waals surface area contributed by atoms with Crippen molar-refractivity contribution in [3.63, 3.8) is 0 Å². The molecule has 0 bridgehead atoms. The van der Waals surface area contributed by atoms with E-state index in [2.05, 4.69) is 21.2 Å². The molecule has 0 radical (unpaired) electrons. The van der Waals surface area contributed by atoms with Crippen LogP contribution in [0.1, 0.15) is 18.4 Å². The van der Waals surface area contributed by atoms with Crippen molar-refractivity contribution in [1.82, 2.24) is 5.32 Å². The first kappa shape index (κ1) is 11.4. The second-order valence-corrected chi connectivity index (χ2v) is 5.23. The Hall–Kier alpha value is -0.0900. The molecule has 0 atom stereocenters. The van der Waals surface area contributed by atoms with Crippen LogP contribution in [0, 0.1) is 0 Å². The van der Waals surface area contributed by atoms with E-state index in [-0.39, 0.29) is 0 Å². The fourth-order valence-corrected chi connectivity index (χ4v) is 2.62. The third-order valence-corrected chi connectivity index (χ3v) is 3.68. The quantitative estimate of drug-likeness (QED) is 0.833. The van der Waals surface area contributed by atoms with Crippen LogP contribution in [0.5, 0.6) is 0 Å². The number of nitrogens with one attached hydrogen (secondary N) is 1. The standard InChI is InChI=1S/C11H13BrClNO/c12-8-1-2-10(13)9(7-8)11(15)3-5-14-6-4-11/h1-2,7,14-15H,3-6H2. The van der Waals surface area contributed by atoms with Crippen LogP contribution in [0.25, 0.3) is 0 Å². The highest BCUT2D eigenvalue weighted by Crippen LogP contribution is 2.36. The molecule has 0 amide bonds. The van der Waals surface area contributed by atoms with Gasteiger partial charge in [0.15, 0.2) is 0 Å². The van der Waals surface area contributed by atoms with E-state index in [1.165, 1.54) is 0 Å². The van der Waals surface area contributed by atoms with E-state index in [1.54, 1.807) is 0 Å². The maximum Gasteiger partial charge on any atom is 0.0935 e. The molecule has 82 valence electrons. The minimum absolute atomic E-state index is 0.641. The fourth-order valence-electron chi connectivity index (χ4n) is 1.96. The molecular formula is C11H13BrClNO. The van der Waals surface area contributed by atoms with Gasteiger partial charge in [0.2, 0.25) is 0 Å². The van der Waals surface area contributed by atoms with Gasteiger partial charge in [-0.1, -0.05) is 27.5 Å². The minimum atomic E-state index is -0.772. The molecule has 1 aromatic carbocycles. The summed E-state index contributed by atoms with van der Waals surface area (Å²) in [4.78, 5) is 0. The molecule has 1 heterocycles. The summed E-state index contributed by atoms with van der Waals surface area (Å²) in [5.41, 5.74) is 0.0617. The first-order chi connectivity index (χ1) is 7.12. The number of rotatable bonds is 1. The molecule has 1 fully saturated rings. The first-order valence-electron chi connectivity index (χ1n) is 5.00. The van der Waals surface area contributed by atoms with E-state index >= 15 is 0 Å². The number of halogens is 2. The summed E-state index contributed by atoms with van der Waals surface area (Å²) in [6, 6.07) is 5.62. The number of aliphatic hydroxyl groups is 1. The van der Waals surface area contributed by atoms with Crippen molar-refractivity contribution in [1.29, 1.82) is 0 Å². The molecule has 0 aliphatic carbocycles. The normalized spacial score (nSPS) is 20.2. The Morgan fingerprint density at radius 3 is 2.67 bits per heavy atom. The van der Waals surface area contributed by atoms with Crippen molar-refractivity contribution in [2.75, 3.05) is 13.1 Å². The van der Waals surface area contributed by atoms with E-state index in [0.29, 0.717) is 17.9 Å². The summed E-state index contributed by atoms with van der Waals surface area (Å²) in [6.07, 6.45) is 1.42. The highest BCUT2D eigenvalue weighted by atomic mass is 79.9. The van der Waals surface area contributed by atoms with Crippen LogP contribution in [-0.4, -0.2) is 18.2 Å². The van der Waals surface area contributed by atoms with Gasteiger partial charge in [-0.3, -0.25) is 0 Å². The Morgan fingerprint density at radius 1 is 1.33 bits per heavy atom. The largest absolute Gasteiger partial charge is 0.385 e. The summed E-state index contributed by atoms with van der Waals surface area (Å²) in [7, 11) is 0. The second kappa shape index (κ2) is 4.42. The number of hydrogen-bond donors (Lipinski definition) is 2. The molecule has 0 unspecified atom stereocenters. The predicted molar refractivity (Wildman–Crippen MR) is 65.2 cm³/mol. The SMILES string of the molecule is OC1(c2cc(Br)ccc2Cl)CCNCC1. The van der Waals surface area contributed by atoms with Gasteiger partial charge in [-0.2, -0.15) is 0 Å². The summed E-state index contributed by atoms with van der Waals surface area (Å²) in [5.74, 6) is 0. The van der Waals surface area contributed by atoms with E-state index in [1.807, 2.05) is 18.2 Å². The Labute approximate surface area is 103 Å². The van der Waals surface area contributed by atoms with Gasteiger partial charge in [-0.05, 0) is 44.1 Å². The van der Waals surface area contributed by atoms with E-state index in [9.17, 15) is 5.11 Å². The lowest BCUT2D eigenvalue weighted by molar-refractivity contribution is 0.00599. The topological polar surface area (TPSA) is 32.3 Å². The zero-order chi connectivity index (χ0) is 10.9. The molecule has 15 heavy (non-hydrogen) atoms. The van der Waals surface area contributed by atoms with E-state index in [4.69, 9.17) is 11.6 Å². The van der Waals surface area contributed by atoms with Gasteiger partial charge in [0.25, 0.3) is 0 Å². The highest BCUT2D eigenvalue weighted by molar-refractivity contribution is 9.10. The molecule has 2 nitrogen and oxygen atoms in total. The molecule has 4 heteroatoms. The third kappa shape index (κ3) is 2.36. The van der Waals surface area contributed by atoms with E-state index < -0.39 is 5.60 Å². The average Bonchev–Trinajstić information content (AvgIpc) is 2.23. The second-order valence-electron chi connectivity index (χ2n) is 3.91. The van der Waals surface area contributed by atoms with Gasteiger partial charge in [-0.15, -0.1) is 0 Å². The number of benzene rings is 1. The van der Waals surface area contributed by atoms with Crippen molar-refractivity contribution in [2.45, 2.75) is 18.4 Å². The van der Waals surface area contributed by atoms with Crippen LogP contribution in [0.3, 0.4) is 0 Å². The van der Waals surface area contributed by atoms with Gasteiger partial charge >= 0.3 is 0 Å². The van der Waals surface area contributed by atoms with Crippen molar-refractivity contribution in [3.8, 4) is 0 Å². The van der Waals surface area contributed by atoms with Crippen LogP contribution in [-0.2, 0) is 5.60 Å². The van der Waals surface area contributed by atoms with Crippen molar-refractivity contribution >= 4 is 27.5 Å². The number of hydrogen-bond acceptors (Lipinski definition) is 2. The van der Waals surface area contributed by atoms with Crippen molar-refractivity contribution in [2.24, 2.45) is 0 Å². The summed E-state index contributed by atoms with van der Waals surface area (Å²) in [5, 5.41) is 14.4. The summed E-state index contributed by atoms with van der Waals surface area (Å²) >= 11 is 9.52. The molecule has 0 saturated carbocycles. The zero-order valence-corrected chi connectivity index (χ0v) is 10.6. The van der Waals surface area contributed by atoms with Gasteiger partial charge < -0.3 is 10.4 Å².